The Kier molecular flexibility index (Phi) is 3.92. The van der Waals surface area contributed by atoms with Crippen LogP contribution in [0.1, 0.15) is 13.8 Å². The van der Waals surface area contributed by atoms with Gasteiger partial charge in [0, 0.05) is 0 Å². The number of sulfone groups is 1. The van der Waals surface area contributed by atoms with E-state index < -0.39 is 9.84 Å². The molecule has 1 fully saturated rings. The number of ether oxygens (including phenoxy) is 2. The molecule has 0 unspecified atom stereocenters. The molecule has 0 N–H and O–H groups in total. The maximum Gasteiger partial charge on any atom is 0.178 e. The Bertz CT molecular complexity index is 503. The Labute approximate surface area is 108 Å². The van der Waals surface area contributed by atoms with Gasteiger partial charge in [-0.3, -0.25) is 0 Å². The second kappa shape index (κ2) is 5.28. The molecule has 1 aliphatic rings. The van der Waals surface area contributed by atoms with E-state index >= 15 is 0 Å². The lowest BCUT2D eigenvalue weighted by molar-refractivity contribution is 0.262. The predicted molar refractivity (Wildman–Crippen MR) is 68.6 cm³/mol. The zero-order valence-electron chi connectivity index (χ0n) is 10.6. The van der Waals surface area contributed by atoms with E-state index in [9.17, 15) is 8.42 Å². The van der Waals surface area contributed by atoms with Gasteiger partial charge in [0.15, 0.2) is 9.84 Å². The second-order valence-electron chi connectivity index (χ2n) is 4.92. The van der Waals surface area contributed by atoms with Gasteiger partial charge in [-0.2, -0.15) is 0 Å². The SMILES string of the molecule is CC(C)CS(=O)(=O)c1cccc(OC[C@@H]2CO2)c1. The Balaban J connectivity index is 2.09. The van der Waals surface area contributed by atoms with Crippen LogP contribution in [0.25, 0.3) is 0 Å². The smallest absolute Gasteiger partial charge is 0.178 e. The standard InChI is InChI=1S/C13H18O4S/c1-10(2)9-18(14,15)13-5-3-4-11(6-13)16-7-12-8-17-12/h3-6,10,12H,7-9H2,1-2H3/t12-/m1/s1. The Morgan fingerprint density at radius 3 is 2.78 bits per heavy atom. The molecule has 1 aliphatic heterocycles. The number of hydrogen-bond acceptors (Lipinski definition) is 4. The van der Waals surface area contributed by atoms with Crippen LogP contribution in [0.2, 0.25) is 0 Å². The van der Waals surface area contributed by atoms with Crippen molar-refractivity contribution in [2.45, 2.75) is 24.8 Å². The molecule has 18 heavy (non-hydrogen) atoms. The second-order valence-corrected chi connectivity index (χ2v) is 6.95. The van der Waals surface area contributed by atoms with Gasteiger partial charge in [0.1, 0.15) is 18.5 Å². The first-order valence-electron chi connectivity index (χ1n) is 6.04. The number of rotatable bonds is 6. The van der Waals surface area contributed by atoms with Gasteiger partial charge in [0.25, 0.3) is 0 Å². The van der Waals surface area contributed by atoms with Crippen LogP contribution in [-0.4, -0.2) is 33.5 Å². The predicted octanol–water partition coefficient (Wildman–Crippen LogP) is 1.89. The van der Waals surface area contributed by atoms with Gasteiger partial charge in [-0.1, -0.05) is 19.9 Å². The maximum absolute atomic E-state index is 12.1. The fourth-order valence-corrected chi connectivity index (χ4v) is 3.30. The van der Waals surface area contributed by atoms with Crippen LogP contribution in [0.3, 0.4) is 0 Å². The highest BCUT2D eigenvalue weighted by molar-refractivity contribution is 7.91. The molecule has 0 amide bonds. The zero-order valence-corrected chi connectivity index (χ0v) is 11.4. The van der Waals surface area contributed by atoms with Crippen molar-refractivity contribution in [3.63, 3.8) is 0 Å². The fraction of sp³-hybridized carbons (Fsp3) is 0.538. The van der Waals surface area contributed by atoms with Crippen LogP contribution >= 0.6 is 0 Å². The summed E-state index contributed by atoms with van der Waals surface area (Å²) in [7, 11) is -3.22. The quantitative estimate of drug-likeness (QED) is 0.741. The summed E-state index contributed by atoms with van der Waals surface area (Å²) < 4.78 is 34.6. The third kappa shape index (κ3) is 3.71. The van der Waals surface area contributed by atoms with Crippen molar-refractivity contribution in [2.75, 3.05) is 19.0 Å². The van der Waals surface area contributed by atoms with Crippen molar-refractivity contribution in [3.8, 4) is 5.75 Å². The number of benzene rings is 1. The average Bonchev–Trinajstić information content (AvgIpc) is 3.09. The molecule has 0 saturated carbocycles. The highest BCUT2D eigenvalue weighted by Crippen LogP contribution is 2.21. The molecule has 1 heterocycles. The highest BCUT2D eigenvalue weighted by Gasteiger charge is 2.23. The average molecular weight is 270 g/mol. The van der Waals surface area contributed by atoms with Crippen molar-refractivity contribution in [1.29, 1.82) is 0 Å². The number of hydrogen-bond donors (Lipinski definition) is 0. The van der Waals surface area contributed by atoms with E-state index in [0.717, 1.165) is 6.61 Å². The van der Waals surface area contributed by atoms with E-state index in [-0.39, 0.29) is 17.8 Å². The van der Waals surface area contributed by atoms with Crippen LogP contribution in [-0.2, 0) is 14.6 Å². The third-order valence-corrected chi connectivity index (χ3v) is 4.63. The molecule has 2 rings (SSSR count). The van der Waals surface area contributed by atoms with Gasteiger partial charge in [-0.05, 0) is 24.1 Å². The minimum Gasteiger partial charge on any atom is -0.491 e. The molecule has 0 aliphatic carbocycles. The summed E-state index contributed by atoms with van der Waals surface area (Å²) in [6.07, 6.45) is 0.168. The van der Waals surface area contributed by atoms with Gasteiger partial charge in [0.05, 0.1) is 17.3 Å². The van der Waals surface area contributed by atoms with Crippen LogP contribution < -0.4 is 4.74 Å². The molecular weight excluding hydrogens is 252 g/mol. The van der Waals surface area contributed by atoms with Crippen LogP contribution in [0.15, 0.2) is 29.2 Å². The molecule has 1 aromatic rings. The van der Waals surface area contributed by atoms with Crippen molar-refractivity contribution in [1.82, 2.24) is 0 Å². The summed E-state index contributed by atoms with van der Waals surface area (Å²) in [4.78, 5) is 0.324. The molecule has 1 saturated heterocycles. The van der Waals surface area contributed by atoms with Crippen molar-refractivity contribution >= 4 is 9.84 Å². The normalized spacial score (nSPS) is 18.9. The summed E-state index contributed by atoms with van der Waals surface area (Å²) in [6.45, 7) is 4.99. The largest absolute Gasteiger partial charge is 0.491 e. The van der Waals surface area contributed by atoms with Gasteiger partial charge < -0.3 is 9.47 Å². The highest BCUT2D eigenvalue weighted by atomic mass is 32.2. The molecule has 100 valence electrons. The molecule has 5 heteroatoms. The summed E-state index contributed by atoms with van der Waals surface area (Å²) in [6, 6.07) is 6.66. The topological polar surface area (TPSA) is 55.9 Å². The third-order valence-electron chi connectivity index (χ3n) is 2.56. The Morgan fingerprint density at radius 2 is 2.17 bits per heavy atom. The van der Waals surface area contributed by atoms with E-state index in [2.05, 4.69) is 0 Å². The van der Waals surface area contributed by atoms with E-state index in [0.29, 0.717) is 17.3 Å². The molecule has 1 atom stereocenters. The van der Waals surface area contributed by atoms with Crippen molar-refractivity contribution in [3.05, 3.63) is 24.3 Å². The Hall–Kier alpha value is -1.07. The lowest BCUT2D eigenvalue weighted by atomic mass is 10.3. The molecular formula is C13H18O4S. The molecule has 1 aromatic carbocycles. The van der Waals surface area contributed by atoms with Crippen molar-refractivity contribution < 1.29 is 17.9 Å². The van der Waals surface area contributed by atoms with Crippen LogP contribution in [0, 0.1) is 5.92 Å². The summed E-state index contributed by atoms with van der Waals surface area (Å²) in [5.41, 5.74) is 0. The van der Waals surface area contributed by atoms with E-state index in [1.807, 2.05) is 13.8 Å². The summed E-state index contributed by atoms with van der Waals surface area (Å²) in [5, 5.41) is 0. The maximum atomic E-state index is 12.1. The van der Waals surface area contributed by atoms with E-state index in [1.165, 1.54) is 0 Å². The molecule has 0 aromatic heterocycles. The van der Waals surface area contributed by atoms with E-state index in [1.54, 1.807) is 24.3 Å². The summed E-state index contributed by atoms with van der Waals surface area (Å²) in [5.74, 6) is 0.845. The molecule has 4 nitrogen and oxygen atoms in total. The minimum absolute atomic E-state index is 0.111. The van der Waals surface area contributed by atoms with Gasteiger partial charge in [-0.25, -0.2) is 8.42 Å². The first-order chi connectivity index (χ1) is 8.47. The Morgan fingerprint density at radius 1 is 1.44 bits per heavy atom. The van der Waals surface area contributed by atoms with Gasteiger partial charge >= 0.3 is 0 Å². The summed E-state index contributed by atoms with van der Waals surface area (Å²) >= 11 is 0. The first kappa shape index (κ1) is 13.4. The lowest BCUT2D eigenvalue weighted by Gasteiger charge is -2.09. The molecule has 0 bridgehead atoms. The van der Waals surface area contributed by atoms with Crippen LogP contribution in [0.5, 0.6) is 5.75 Å². The van der Waals surface area contributed by atoms with Crippen LogP contribution in [0.4, 0.5) is 0 Å². The van der Waals surface area contributed by atoms with Gasteiger partial charge in [0.2, 0.25) is 0 Å². The monoisotopic (exact) mass is 270 g/mol. The van der Waals surface area contributed by atoms with Gasteiger partial charge in [-0.15, -0.1) is 0 Å². The number of epoxide rings is 1. The zero-order chi connectivity index (χ0) is 13.2. The lowest BCUT2D eigenvalue weighted by Crippen LogP contribution is -2.12. The minimum atomic E-state index is -3.22. The first-order valence-corrected chi connectivity index (χ1v) is 7.70. The fourth-order valence-electron chi connectivity index (χ4n) is 1.65. The molecule has 0 spiro atoms. The van der Waals surface area contributed by atoms with E-state index in [4.69, 9.17) is 9.47 Å². The molecule has 0 radical (unpaired) electrons. The van der Waals surface area contributed by atoms with Crippen molar-refractivity contribution in [2.24, 2.45) is 5.92 Å².